The summed E-state index contributed by atoms with van der Waals surface area (Å²) in [5.41, 5.74) is 0.631. The van der Waals surface area contributed by atoms with Crippen LogP contribution in [0.5, 0.6) is 0 Å². The van der Waals surface area contributed by atoms with Gasteiger partial charge in [-0.25, -0.2) is 0 Å². The predicted molar refractivity (Wildman–Crippen MR) is 68.2 cm³/mol. The van der Waals surface area contributed by atoms with Crippen LogP contribution in [0.4, 0.5) is 18.9 Å². The Morgan fingerprint density at radius 3 is 2.75 bits per heavy atom. The number of benzene rings is 1. The first-order chi connectivity index (χ1) is 9.47. The van der Waals surface area contributed by atoms with Crippen molar-refractivity contribution >= 4 is 11.6 Å². The van der Waals surface area contributed by atoms with Crippen LogP contribution in [-0.4, -0.2) is 23.9 Å². The van der Waals surface area contributed by atoms with Gasteiger partial charge in [-0.2, -0.15) is 13.2 Å². The molecule has 0 bridgehead atoms. The first kappa shape index (κ1) is 13.3. The fraction of sp³-hybridized carbons (Fsp3) is 0.500. The van der Waals surface area contributed by atoms with E-state index in [0.717, 1.165) is 12.5 Å². The number of hydrogen-bond donors (Lipinski definition) is 1. The molecule has 1 atom stereocenters. The summed E-state index contributed by atoms with van der Waals surface area (Å²) in [6, 6.07) is 3.49. The van der Waals surface area contributed by atoms with E-state index >= 15 is 0 Å². The van der Waals surface area contributed by atoms with E-state index in [2.05, 4.69) is 5.32 Å². The number of nitrogens with zero attached hydrogens (tertiary/aromatic N) is 1. The molecule has 1 N–H and O–H groups in total. The average Bonchev–Trinajstić information content (AvgIpc) is 2.82. The van der Waals surface area contributed by atoms with E-state index in [1.54, 1.807) is 4.90 Å². The molecule has 3 nitrogen and oxygen atoms in total. The fourth-order valence-electron chi connectivity index (χ4n) is 3.00. The van der Waals surface area contributed by atoms with Crippen molar-refractivity contribution in [2.24, 2.45) is 0 Å². The molecule has 1 amide bonds. The third-order valence-corrected chi connectivity index (χ3v) is 3.96. The molecule has 1 fully saturated rings. The Hall–Kier alpha value is -1.72. The van der Waals surface area contributed by atoms with Gasteiger partial charge in [0.25, 0.3) is 0 Å². The zero-order chi connectivity index (χ0) is 14.3. The number of likely N-dealkylation sites (tertiary alicyclic amines) is 1. The van der Waals surface area contributed by atoms with Crippen LogP contribution in [0, 0.1) is 0 Å². The zero-order valence-electron chi connectivity index (χ0n) is 10.8. The molecule has 0 spiro atoms. The Labute approximate surface area is 114 Å². The van der Waals surface area contributed by atoms with E-state index < -0.39 is 11.7 Å². The molecule has 1 aromatic carbocycles. The Bertz CT molecular complexity index is 542. The van der Waals surface area contributed by atoms with Gasteiger partial charge >= 0.3 is 6.18 Å². The van der Waals surface area contributed by atoms with Crippen LogP contribution >= 0.6 is 0 Å². The lowest BCUT2D eigenvalue weighted by atomic mass is 9.94. The van der Waals surface area contributed by atoms with Gasteiger partial charge in [-0.15, -0.1) is 0 Å². The molecular formula is C14H15F3N2O. The van der Waals surface area contributed by atoms with Gasteiger partial charge in [-0.3, -0.25) is 4.79 Å². The number of carbonyl (C=O) groups excluding carboxylic acids is 1. The molecule has 3 rings (SSSR count). The molecule has 0 unspecified atom stereocenters. The van der Waals surface area contributed by atoms with Crippen LogP contribution in [0.25, 0.3) is 0 Å². The molecule has 108 valence electrons. The Morgan fingerprint density at radius 1 is 1.30 bits per heavy atom. The highest BCUT2D eigenvalue weighted by molar-refractivity contribution is 5.79. The van der Waals surface area contributed by atoms with Crippen LogP contribution in [-0.2, 0) is 11.0 Å². The summed E-state index contributed by atoms with van der Waals surface area (Å²) < 4.78 is 38.5. The van der Waals surface area contributed by atoms with Gasteiger partial charge in [0.15, 0.2) is 0 Å². The zero-order valence-corrected chi connectivity index (χ0v) is 10.8. The summed E-state index contributed by atoms with van der Waals surface area (Å²) in [5, 5.41) is 3.10. The number of fused-ring (bicyclic) bond motifs is 1. The summed E-state index contributed by atoms with van der Waals surface area (Å²) in [4.78, 5) is 13.6. The second-order valence-corrected chi connectivity index (χ2v) is 5.22. The molecule has 20 heavy (non-hydrogen) atoms. The second kappa shape index (κ2) is 4.68. The standard InChI is InChI=1S/C14H15F3N2O/c15-14(16,17)9-3-4-11-10(8-9)12(5-6-18-11)19-7-1-2-13(19)20/h3-4,8,12,18H,1-2,5-7H2/t12-/m0/s1. The summed E-state index contributed by atoms with van der Waals surface area (Å²) in [6.45, 7) is 1.31. The van der Waals surface area contributed by atoms with E-state index in [1.165, 1.54) is 12.1 Å². The van der Waals surface area contributed by atoms with E-state index in [1.807, 2.05) is 0 Å². The molecule has 0 aromatic heterocycles. The smallest absolute Gasteiger partial charge is 0.385 e. The van der Waals surface area contributed by atoms with Gasteiger partial charge < -0.3 is 10.2 Å². The molecule has 1 aromatic rings. The minimum atomic E-state index is -4.36. The van der Waals surface area contributed by atoms with Crippen molar-refractivity contribution in [1.82, 2.24) is 4.90 Å². The van der Waals surface area contributed by atoms with Crippen LogP contribution in [0.15, 0.2) is 18.2 Å². The van der Waals surface area contributed by atoms with Crippen molar-refractivity contribution in [2.45, 2.75) is 31.5 Å². The summed E-state index contributed by atoms with van der Waals surface area (Å²) >= 11 is 0. The molecule has 0 aliphatic carbocycles. The Morgan fingerprint density at radius 2 is 2.10 bits per heavy atom. The number of carbonyl (C=O) groups is 1. The number of halogens is 3. The molecule has 2 heterocycles. The fourth-order valence-corrected chi connectivity index (χ4v) is 3.00. The number of alkyl halides is 3. The lowest BCUT2D eigenvalue weighted by Crippen LogP contribution is -2.34. The van der Waals surface area contributed by atoms with Crippen LogP contribution in [0.3, 0.4) is 0 Å². The van der Waals surface area contributed by atoms with Crippen molar-refractivity contribution < 1.29 is 18.0 Å². The first-order valence-electron chi connectivity index (χ1n) is 6.71. The van der Waals surface area contributed by atoms with Gasteiger partial charge in [-0.05, 0) is 36.6 Å². The lowest BCUT2D eigenvalue weighted by molar-refractivity contribution is -0.137. The largest absolute Gasteiger partial charge is 0.416 e. The molecular weight excluding hydrogens is 269 g/mol. The summed E-state index contributed by atoms with van der Waals surface area (Å²) in [5.74, 6) is 0.0419. The highest BCUT2D eigenvalue weighted by Gasteiger charge is 2.35. The van der Waals surface area contributed by atoms with E-state index in [4.69, 9.17) is 0 Å². The lowest BCUT2D eigenvalue weighted by Gasteiger charge is -2.34. The minimum Gasteiger partial charge on any atom is -0.385 e. The third kappa shape index (κ3) is 2.23. The monoisotopic (exact) mass is 284 g/mol. The topological polar surface area (TPSA) is 32.3 Å². The Kier molecular flexibility index (Phi) is 3.11. The second-order valence-electron chi connectivity index (χ2n) is 5.22. The summed E-state index contributed by atoms with van der Waals surface area (Å²) in [6.07, 6.45) is -2.42. The Balaban J connectivity index is 2.00. The molecule has 2 aliphatic heterocycles. The highest BCUT2D eigenvalue weighted by Crippen LogP contribution is 2.40. The van der Waals surface area contributed by atoms with E-state index in [-0.39, 0.29) is 11.9 Å². The predicted octanol–water partition coefficient (Wildman–Crippen LogP) is 3.18. The van der Waals surface area contributed by atoms with E-state index in [0.29, 0.717) is 37.2 Å². The van der Waals surface area contributed by atoms with Crippen molar-refractivity contribution in [3.05, 3.63) is 29.3 Å². The number of nitrogens with one attached hydrogen (secondary N) is 1. The van der Waals surface area contributed by atoms with Crippen molar-refractivity contribution in [2.75, 3.05) is 18.4 Å². The molecule has 0 saturated carbocycles. The average molecular weight is 284 g/mol. The van der Waals surface area contributed by atoms with Gasteiger partial charge in [-0.1, -0.05) is 0 Å². The number of hydrogen-bond acceptors (Lipinski definition) is 2. The van der Waals surface area contributed by atoms with Gasteiger partial charge in [0, 0.05) is 25.2 Å². The summed E-state index contributed by atoms with van der Waals surface area (Å²) in [7, 11) is 0. The SMILES string of the molecule is O=C1CCCN1[C@H]1CCNc2ccc(C(F)(F)F)cc21. The maximum atomic E-state index is 12.8. The van der Waals surface area contributed by atoms with Gasteiger partial charge in [0.1, 0.15) is 0 Å². The normalized spacial score (nSPS) is 22.6. The van der Waals surface area contributed by atoms with Crippen LogP contribution in [0.1, 0.15) is 36.4 Å². The number of anilines is 1. The molecule has 1 saturated heterocycles. The first-order valence-corrected chi connectivity index (χ1v) is 6.71. The molecule has 2 aliphatic rings. The maximum Gasteiger partial charge on any atom is 0.416 e. The quantitative estimate of drug-likeness (QED) is 0.859. The van der Waals surface area contributed by atoms with Gasteiger partial charge in [0.05, 0.1) is 11.6 Å². The van der Waals surface area contributed by atoms with Crippen LogP contribution < -0.4 is 5.32 Å². The number of rotatable bonds is 1. The molecule has 6 heteroatoms. The van der Waals surface area contributed by atoms with Crippen molar-refractivity contribution in [3.63, 3.8) is 0 Å². The molecule has 0 radical (unpaired) electrons. The van der Waals surface area contributed by atoms with Crippen molar-refractivity contribution in [3.8, 4) is 0 Å². The van der Waals surface area contributed by atoms with E-state index in [9.17, 15) is 18.0 Å². The third-order valence-electron chi connectivity index (χ3n) is 3.96. The van der Waals surface area contributed by atoms with Crippen molar-refractivity contribution in [1.29, 1.82) is 0 Å². The van der Waals surface area contributed by atoms with Gasteiger partial charge in [0.2, 0.25) is 5.91 Å². The van der Waals surface area contributed by atoms with Crippen LogP contribution in [0.2, 0.25) is 0 Å². The highest BCUT2D eigenvalue weighted by atomic mass is 19.4. The maximum absolute atomic E-state index is 12.8. The minimum absolute atomic E-state index is 0.0419. The number of amides is 1.